The first-order chi connectivity index (χ1) is 12.4. The van der Waals surface area contributed by atoms with Crippen LogP contribution in [0.5, 0.6) is 5.75 Å². The summed E-state index contributed by atoms with van der Waals surface area (Å²) in [5, 5.41) is 14.2. The molecule has 0 fully saturated rings. The molecule has 0 unspecified atom stereocenters. The van der Waals surface area contributed by atoms with Crippen LogP contribution in [0.4, 0.5) is 0 Å². The van der Waals surface area contributed by atoms with Crippen LogP contribution >= 0.6 is 0 Å². The molecule has 7 heteroatoms. The van der Waals surface area contributed by atoms with Crippen LogP contribution in [0.1, 0.15) is 12.2 Å². The second-order valence-electron chi connectivity index (χ2n) is 7.71. The van der Waals surface area contributed by atoms with Crippen molar-refractivity contribution in [3.05, 3.63) is 36.2 Å². The minimum Gasteiger partial charge on any atom is -0.508 e. The second-order valence-corrected chi connectivity index (χ2v) is 13.3. The minimum atomic E-state index is -1.12. The summed E-state index contributed by atoms with van der Waals surface area (Å²) in [5.41, 5.74) is 2.01. The van der Waals surface area contributed by atoms with Crippen molar-refractivity contribution in [1.29, 1.82) is 0 Å². The molecule has 1 aliphatic rings. The Hall–Kier alpha value is -1.96. The number of rotatable bonds is 7. The van der Waals surface area contributed by atoms with Crippen LogP contribution in [0.2, 0.25) is 25.7 Å². The van der Waals surface area contributed by atoms with Crippen LogP contribution in [0, 0.1) is 0 Å². The lowest BCUT2D eigenvalue weighted by atomic mass is 10.1. The lowest BCUT2D eigenvalue weighted by Gasteiger charge is -2.15. The van der Waals surface area contributed by atoms with Gasteiger partial charge in [-0.15, -0.1) is 5.10 Å². The summed E-state index contributed by atoms with van der Waals surface area (Å²) in [6.07, 6.45) is 2.85. The van der Waals surface area contributed by atoms with Crippen molar-refractivity contribution in [1.82, 2.24) is 14.8 Å². The fourth-order valence-corrected chi connectivity index (χ4v) is 3.41. The summed E-state index contributed by atoms with van der Waals surface area (Å²) in [6, 6.07) is 8.13. The molecule has 0 radical (unpaired) electrons. The number of hydrogen-bond donors (Lipinski definition) is 1. The van der Waals surface area contributed by atoms with E-state index in [-0.39, 0.29) is 5.75 Å². The molecule has 0 saturated carbocycles. The van der Waals surface area contributed by atoms with Crippen molar-refractivity contribution in [3.63, 3.8) is 0 Å². The molecule has 26 heavy (non-hydrogen) atoms. The molecule has 6 nitrogen and oxygen atoms in total. The highest BCUT2D eigenvalue weighted by molar-refractivity contribution is 6.76. The summed E-state index contributed by atoms with van der Waals surface area (Å²) in [7, 11) is -1.12. The third kappa shape index (κ3) is 5.03. The monoisotopic (exact) mass is 373 g/mol. The summed E-state index contributed by atoms with van der Waals surface area (Å²) < 4.78 is 13.1. The zero-order chi connectivity index (χ0) is 18.6. The third-order valence-corrected chi connectivity index (χ3v) is 5.96. The Morgan fingerprint density at radius 2 is 2.00 bits per heavy atom. The SMILES string of the molecule is C[Si](C)(C)CCOCn1nc(C2=CCOCC2)nc1-c1ccc(O)cc1. The maximum atomic E-state index is 9.54. The molecular formula is C19H27N3O3Si. The fraction of sp³-hybridized carbons (Fsp3) is 0.474. The van der Waals surface area contributed by atoms with Crippen molar-refractivity contribution in [2.24, 2.45) is 0 Å². The largest absolute Gasteiger partial charge is 0.508 e. The third-order valence-electron chi connectivity index (χ3n) is 4.26. The first-order valence-corrected chi connectivity index (χ1v) is 12.7. The Kier molecular flexibility index (Phi) is 5.90. The molecule has 0 spiro atoms. The first-order valence-electron chi connectivity index (χ1n) is 9.01. The fourth-order valence-electron chi connectivity index (χ4n) is 2.65. The molecular weight excluding hydrogens is 346 g/mol. The van der Waals surface area contributed by atoms with E-state index in [1.165, 1.54) is 0 Å². The van der Waals surface area contributed by atoms with Gasteiger partial charge in [-0.25, -0.2) is 9.67 Å². The van der Waals surface area contributed by atoms with Gasteiger partial charge in [-0.05, 0) is 42.3 Å². The Balaban J connectivity index is 1.81. The minimum absolute atomic E-state index is 0.235. The van der Waals surface area contributed by atoms with E-state index >= 15 is 0 Å². The van der Waals surface area contributed by atoms with Crippen LogP contribution in [0.15, 0.2) is 30.3 Å². The quantitative estimate of drug-likeness (QED) is 0.591. The van der Waals surface area contributed by atoms with Crippen LogP contribution in [-0.4, -0.2) is 47.8 Å². The number of aromatic hydroxyl groups is 1. The van der Waals surface area contributed by atoms with Gasteiger partial charge >= 0.3 is 0 Å². The predicted octanol–water partition coefficient (Wildman–Crippen LogP) is 3.77. The Bertz CT molecular complexity index is 763. The van der Waals surface area contributed by atoms with Gasteiger partial charge in [0, 0.05) is 20.2 Å². The summed E-state index contributed by atoms with van der Waals surface area (Å²) in [6.45, 7) is 9.41. The molecule has 1 aliphatic heterocycles. The zero-order valence-electron chi connectivity index (χ0n) is 15.7. The summed E-state index contributed by atoms with van der Waals surface area (Å²) in [5.74, 6) is 1.71. The van der Waals surface area contributed by atoms with Crippen molar-refractivity contribution in [2.75, 3.05) is 19.8 Å². The lowest BCUT2D eigenvalue weighted by molar-refractivity contribution is 0.0795. The maximum absolute atomic E-state index is 9.54. The number of phenolic OH excluding ortho intramolecular Hbond substituents is 1. The molecule has 0 aliphatic carbocycles. The lowest BCUT2D eigenvalue weighted by Crippen LogP contribution is -2.22. The number of benzene rings is 1. The smallest absolute Gasteiger partial charge is 0.177 e. The van der Waals surface area contributed by atoms with Crippen LogP contribution in [0.3, 0.4) is 0 Å². The molecule has 0 amide bonds. The number of ether oxygens (including phenoxy) is 2. The predicted molar refractivity (Wildman–Crippen MR) is 105 cm³/mol. The molecule has 1 N–H and O–H groups in total. The van der Waals surface area contributed by atoms with Crippen LogP contribution in [0.25, 0.3) is 17.0 Å². The van der Waals surface area contributed by atoms with E-state index in [9.17, 15) is 5.11 Å². The van der Waals surface area contributed by atoms with Crippen LogP contribution < -0.4 is 0 Å². The molecule has 3 rings (SSSR count). The van der Waals surface area contributed by atoms with Gasteiger partial charge in [-0.2, -0.15) is 0 Å². The Morgan fingerprint density at radius 1 is 1.23 bits per heavy atom. The summed E-state index contributed by atoms with van der Waals surface area (Å²) in [4.78, 5) is 4.74. The van der Waals surface area contributed by atoms with Crippen molar-refractivity contribution in [3.8, 4) is 17.1 Å². The number of nitrogens with zero attached hydrogens (tertiary/aromatic N) is 3. The average Bonchev–Trinajstić information content (AvgIpc) is 3.04. The molecule has 1 aromatic heterocycles. The molecule has 2 heterocycles. The topological polar surface area (TPSA) is 69.4 Å². The average molecular weight is 374 g/mol. The molecule has 0 bridgehead atoms. The molecule has 0 saturated heterocycles. The van der Waals surface area contributed by atoms with Crippen LogP contribution in [-0.2, 0) is 16.2 Å². The van der Waals surface area contributed by atoms with E-state index in [0.29, 0.717) is 19.9 Å². The standard InChI is InChI=1S/C19H27N3O3Si/c1-26(2,3)13-12-25-14-22-19(16-4-6-17(23)7-5-16)20-18(21-22)15-8-10-24-11-9-15/h4-8,23H,9-14H2,1-3H3. The van der Waals surface area contributed by atoms with Gasteiger partial charge < -0.3 is 14.6 Å². The van der Waals surface area contributed by atoms with E-state index in [2.05, 4.69) is 24.7 Å². The van der Waals surface area contributed by atoms with Crippen molar-refractivity contribution in [2.45, 2.75) is 38.8 Å². The number of hydrogen-bond acceptors (Lipinski definition) is 5. The Labute approximate surface area is 155 Å². The number of aromatic nitrogens is 3. The van der Waals surface area contributed by atoms with Gasteiger partial charge in [0.05, 0.1) is 13.2 Å². The van der Waals surface area contributed by atoms with E-state index in [1.807, 2.05) is 22.9 Å². The highest BCUT2D eigenvalue weighted by Gasteiger charge is 2.17. The van der Waals surface area contributed by atoms with Gasteiger partial charge in [-0.3, -0.25) is 0 Å². The number of phenols is 1. The van der Waals surface area contributed by atoms with Gasteiger partial charge in [-0.1, -0.05) is 25.7 Å². The molecule has 1 aromatic carbocycles. The molecule has 2 aromatic rings. The highest BCUT2D eigenvalue weighted by atomic mass is 28.3. The van der Waals surface area contributed by atoms with Gasteiger partial charge in [0.2, 0.25) is 0 Å². The highest BCUT2D eigenvalue weighted by Crippen LogP contribution is 2.25. The zero-order valence-corrected chi connectivity index (χ0v) is 16.7. The summed E-state index contributed by atoms with van der Waals surface area (Å²) >= 11 is 0. The van der Waals surface area contributed by atoms with E-state index < -0.39 is 8.07 Å². The second kappa shape index (κ2) is 8.16. The Morgan fingerprint density at radius 3 is 2.65 bits per heavy atom. The molecule has 140 valence electrons. The van der Waals surface area contributed by atoms with Gasteiger partial charge in [0.25, 0.3) is 0 Å². The van der Waals surface area contributed by atoms with Crippen molar-refractivity contribution < 1.29 is 14.6 Å². The van der Waals surface area contributed by atoms with Gasteiger partial charge in [0.15, 0.2) is 11.6 Å². The van der Waals surface area contributed by atoms with Gasteiger partial charge in [0.1, 0.15) is 12.5 Å². The normalized spacial score (nSPS) is 15.1. The van der Waals surface area contributed by atoms with Crippen molar-refractivity contribution >= 4 is 13.6 Å². The molecule has 0 atom stereocenters. The maximum Gasteiger partial charge on any atom is 0.177 e. The van der Waals surface area contributed by atoms with E-state index in [4.69, 9.17) is 14.5 Å². The first kappa shape index (κ1) is 18.8. The van der Waals surface area contributed by atoms with E-state index in [0.717, 1.165) is 41.9 Å². The van der Waals surface area contributed by atoms with E-state index in [1.54, 1.807) is 12.1 Å².